The first-order valence-corrected chi connectivity index (χ1v) is 10.4. The maximum atomic E-state index is 13.2. The van der Waals surface area contributed by atoms with E-state index in [1.54, 1.807) is 12.1 Å². The van der Waals surface area contributed by atoms with Crippen molar-refractivity contribution in [2.75, 3.05) is 0 Å². The van der Waals surface area contributed by atoms with Crippen molar-refractivity contribution in [1.29, 1.82) is 0 Å². The number of benzene rings is 2. The number of hydrogen-bond donors (Lipinski definition) is 0. The normalized spacial score (nSPS) is 19.1. The highest BCUT2D eigenvalue weighted by Crippen LogP contribution is 2.43. The molecule has 3 heteroatoms. The summed E-state index contributed by atoms with van der Waals surface area (Å²) in [6.45, 7) is 4.00. The zero-order valence-electron chi connectivity index (χ0n) is 16.9. The molecule has 2 aromatic carbocycles. The van der Waals surface area contributed by atoms with Gasteiger partial charge in [-0.1, -0.05) is 49.5 Å². The van der Waals surface area contributed by atoms with E-state index >= 15 is 0 Å². The van der Waals surface area contributed by atoms with Gasteiger partial charge in [0.15, 0.2) is 0 Å². The van der Waals surface area contributed by atoms with Crippen molar-refractivity contribution < 1.29 is 4.39 Å². The van der Waals surface area contributed by atoms with Crippen LogP contribution in [0, 0.1) is 29.5 Å². The third-order valence-corrected chi connectivity index (χ3v) is 5.60. The standard InChI is InChI=1S/C24H19FN2.C2H6/c25-21-10-12-22(13-11-21)27-24-15-19-9-8-18(23(19)14-20(24)16-26-27)7-6-17-4-2-1-3-5-17;1-2/h1-5,10-13,15-16,18,23H,8-9,14H2;1-2H3. The largest absolute Gasteiger partial charge is 0.233 e. The van der Waals surface area contributed by atoms with Crippen LogP contribution in [-0.2, 0) is 6.42 Å². The fraction of sp³-hybridized carbons (Fsp3) is 0.269. The molecule has 3 aromatic rings. The van der Waals surface area contributed by atoms with Crippen LogP contribution >= 0.6 is 0 Å². The fourth-order valence-corrected chi connectivity index (χ4v) is 4.19. The second-order valence-electron chi connectivity index (χ2n) is 7.25. The van der Waals surface area contributed by atoms with Crippen LogP contribution in [-0.4, -0.2) is 9.78 Å². The van der Waals surface area contributed by atoms with E-state index in [0.717, 1.165) is 36.2 Å². The van der Waals surface area contributed by atoms with Gasteiger partial charge in [0.05, 0.1) is 17.6 Å². The Kier molecular flexibility index (Phi) is 5.62. The van der Waals surface area contributed by atoms with Crippen LogP contribution in [0.1, 0.15) is 43.5 Å². The molecule has 2 nitrogen and oxygen atoms in total. The third kappa shape index (κ3) is 3.89. The van der Waals surface area contributed by atoms with E-state index in [1.165, 1.54) is 23.3 Å². The van der Waals surface area contributed by atoms with E-state index in [9.17, 15) is 4.39 Å². The van der Waals surface area contributed by atoms with E-state index in [2.05, 4.69) is 35.1 Å². The molecule has 1 aromatic heterocycles. The SMILES string of the molecule is CC.Fc1ccc(-n2ncc3c2C=C2CCC(C#Cc4ccccc4)C2C3)cc1. The van der Waals surface area contributed by atoms with Gasteiger partial charge in [-0.05, 0) is 73.2 Å². The second kappa shape index (κ2) is 8.49. The molecular weight excluding hydrogens is 359 g/mol. The maximum Gasteiger partial charge on any atom is 0.123 e. The summed E-state index contributed by atoms with van der Waals surface area (Å²) in [5.74, 6) is 7.52. The molecule has 2 aliphatic carbocycles. The lowest BCUT2D eigenvalue weighted by molar-refractivity contribution is 0.517. The molecule has 0 saturated heterocycles. The Hall–Kier alpha value is -3.12. The highest BCUT2D eigenvalue weighted by Gasteiger charge is 2.34. The van der Waals surface area contributed by atoms with E-state index in [4.69, 9.17) is 0 Å². The highest BCUT2D eigenvalue weighted by atomic mass is 19.1. The molecule has 29 heavy (non-hydrogen) atoms. The van der Waals surface area contributed by atoms with Crippen LogP contribution in [0.3, 0.4) is 0 Å². The van der Waals surface area contributed by atoms with Gasteiger partial charge in [0, 0.05) is 11.5 Å². The number of hydrogen-bond acceptors (Lipinski definition) is 1. The number of nitrogens with zero attached hydrogens (tertiary/aromatic N) is 2. The number of halogens is 1. The molecule has 0 radical (unpaired) electrons. The molecule has 0 amide bonds. The minimum absolute atomic E-state index is 0.228. The highest BCUT2D eigenvalue weighted by molar-refractivity contribution is 5.60. The van der Waals surface area contributed by atoms with Crippen LogP contribution in [0.15, 0.2) is 66.4 Å². The Morgan fingerprint density at radius 2 is 1.79 bits per heavy atom. The molecule has 0 spiro atoms. The van der Waals surface area contributed by atoms with Crippen molar-refractivity contribution >= 4 is 6.08 Å². The Bertz CT molecular complexity index is 1070. The average molecular weight is 384 g/mol. The molecule has 2 unspecified atom stereocenters. The quantitative estimate of drug-likeness (QED) is 0.467. The Labute approximate surface area is 172 Å². The molecule has 0 N–H and O–H groups in total. The van der Waals surface area contributed by atoms with Crippen LogP contribution in [0.4, 0.5) is 4.39 Å². The smallest absolute Gasteiger partial charge is 0.123 e. The van der Waals surface area contributed by atoms with Gasteiger partial charge in [-0.3, -0.25) is 0 Å². The first-order valence-electron chi connectivity index (χ1n) is 10.4. The van der Waals surface area contributed by atoms with Crippen molar-refractivity contribution in [3.63, 3.8) is 0 Å². The first-order chi connectivity index (χ1) is 14.3. The van der Waals surface area contributed by atoms with Gasteiger partial charge in [-0.25, -0.2) is 9.07 Å². The van der Waals surface area contributed by atoms with Crippen LogP contribution < -0.4 is 0 Å². The fourth-order valence-electron chi connectivity index (χ4n) is 4.19. The summed E-state index contributed by atoms with van der Waals surface area (Å²) < 4.78 is 15.1. The van der Waals surface area contributed by atoms with Gasteiger partial charge in [-0.15, -0.1) is 0 Å². The summed E-state index contributed by atoms with van der Waals surface area (Å²) in [4.78, 5) is 0. The summed E-state index contributed by atoms with van der Waals surface area (Å²) in [7, 11) is 0. The third-order valence-electron chi connectivity index (χ3n) is 5.60. The summed E-state index contributed by atoms with van der Waals surface area (Å²) >= 11 is 0. The van der Waals surface area contributed by atoms with Gasteiger partial charge < -0.3 is 0 Å². The molecule has 0 bridgehead atoms. The Morgan fingerprint density at radius 3 is 2.55 bits per heavy atom. The summed E-state index contributed by atoms with van der Waals surface area (Å²) in [5, 5.41) is 4.56. The predicted molar refractivity (Wildman–Crippen MR) is 116 cm³/mol. The van der Waals surface area contributed by atoms with E-state index in [1.807, 2.05) is 42.9 Å². The number of rotatable bonds is 1. The predicted octanol–water partition coefficient (Wildman–Crippen LogP) is 6.06. The Balaban J connectivity index is 0.000000994. The van der Waals surface area contributed by atoms with Crippen LogP contribution in [0.5, 0.6) is 0 Å². The minimum atomic E-state index is -0.228. The zero-order chi connectivity index (χ0) is 20.2. The molecule has 1 saturated carbocycles. The van der Waals surface area contributed by atoms with Gasteiger partial charge in [0.2, 0.25) is 0 Å². The van der Waals surface area contributed by atoms with Gasteiger partial charge >= 0.3 is 0 Å². The minimum Gasteiger partial charge on any atom is -0.233 e. The molecule has 146 valence electrons. The number of aromatic nitrogens is 2. The number of fused-ring (bicyclic) bond motifs is 2. The van der Waals surface area contributed by atoms with E-state index < -0.39 is 0 Å². The topological polar surface area (TPSA) is 17.8 Å². The van der Waals surface area contributed by atoms with Crippen molar-refractivity contribution in [3.8, 4) is 17.5 Å². The average Bonchev–Trinajstić information content (AvgIpc) is 3.37. The van der Waals surface area contributed by atoms with Crippen LogP contribution in [0.25, 0.3) is 11.8 Å². The Morgan fingerprint density at radius 1 is 1.03 bits per heavy atom. The molecule has 2 aliphatic rings. The zero-order valence-corrected chi connectivity index (χ0v) is 16.9. The lowest BCUT2D eigenvalue weighted by Gasteiger charge is -2.21. The molecule has 1 fully saturated rings. The van der Waals surface area contributed by atoms with Crippen molar-refractivity contribution in [2.45, 2.75) is 33.1 Å². The van der Waals surface area contributed by atoms with Crippen molar-refractivity contribution in [2.24, 2.45) is 11.8 Å². The maximum absolute atomic E-state index is 13.2. The molecular formula is C26H25FN2. The second-order valence-corrected chi connectivity index (χ2v) is 7.25. The summed E-state index contributed by atoms with van der Waals surface area (Å²) in [6, 6.07) is 16.7. The van der Waals surface area contributed by atoms with Gasteiger partial charge in [0.25, 0.3) is 0 Å². The lowest BCUT2D eigenvalue weighted by atomic mass is 9.83. The summed E-state index contributed by atoms with van der Waals surface area (Å²) in [5.41, 5.74) is 5.83. The van der Waals surface area contributed by atoms with Crippen LogP contribution in [0.2, 0.25) is 0 Å². The summed E-state index contributed by atoms with van der Waals surface area (Å²) in [6.07, 6.45) is 7.42. The van der Waals surface area contributed by atoms with Gasteiger partial charge in [-0.2, -0.15) is 5.10 Å². The van der Waals surface area contributed by atoms with E-state index in [-0.39, 0.29) is 5.82 Å². The van der Waals surface area contributed by atoms with Gasteiger partial charge in [0.1, 0.15) is 5.82 Å². The molecule has 5 rings (SSSR count). The molecule has 0 aliphatic heterocycles. The van der Waals surface area contributed by atoms with Crippen molar-refractivity contribution in [3.05, 3.63) is 89.0 Å². The number of allylic oxidation sites excluding steroid dienone is 1. The molecule has 1 heterocycles. The lowest BCUT2D eigenvalue weighted by Crippen LogP contribution is -2.15. The van der Waals surface area contributed by atoms with E-state index in [0.29, 0.717) is 11.8 Å². The first kappa shape index (κ1) is 19.2. The van der Waals surface area contributed by atoms with Crippen molar-refractivity contribution in [1.82, 2.24) is 9.78 Å². The monoisotopic (exact) mass is 384 g/mol. The molecule has 2 atom stereocenters.